The molecule has 0 bridgehead atoms. The van der Waals surface area contributed by atoms with Crippen LogP contribution in [0, 0.1) is 0 Å². The van der Waals surface area contributed by atoms with Crippen LogP contribution in [-0.2, 0) is 9.47 Å². The van der Waals surface area contributed by atoms with Gasteiger partial charge in [-0.2, -0.15) is 0 Å². The van der Waals surface area contributed by atoms with E-state index in [1.807, 2.05) is 0 Å². The second-order valence-electron chi connectivity index (χ2n) is 7.71. The normalized spacial score (nSPS) is 32.3. The van der Waals surface area contributed by atoms with E-state index in [9.17, 15) is 0 Å². The van der Waals surface area contributed by atoms with E-state index < -0.39 is 0 Å². The van der Waals surface area contributed by atoms with Crippen molar-refractivity contribution in [3.63, 3.8) is 0 Å². The standard InChI is InChI=1S/C20H24O2/c1-19(2)20(3,4)22-18-16(12-17(18)21-19)15-10-13-8-6-5-7-9-14(13)11-15/h5-11,16-18H,12H2,1-4H3. The Labute approximate surface area is 132 Å². The molecule has 2 nitrogen and oxygen atoms in total. The molecular formula is C20H24O2. The third-order valence-corrected chi connectivity index (χ3v) is 5.76. The van der Waals surface area contributed by atoms with Crippen LogP contribution in [0.25, 0.3) is 11.1 Å². The van der Waals surface area contributed by atoms with Crippen molar-refractivity contribution in [1.29, 1.82) is 0 Å². The average molecular weight is 296 g/mol. The van der Waals surface area contributed by atoms with Gasteiger partial charge in [-0.3, -0.25) is 0 Å². The number of hydrogen-bond acceptors (Lipinski definition) is 2. The van der Waals surface area contributed by atoms with E-state index in [-0.39, 0.29) is 23.4 Å². The highest BCUT2D eigenvalue weighted by Gasteiger charge is 2.56. The van der Waals surface area contributed by atoms with Crippen molar-refractivity contribution in [3.05, 3.63) is 48.0 Å². The summed E-state index contributed by atoms with van der Waals surface area (Å²) in [6, 6.07) is 15.3. The highest BCUT2D eigenvalue weighted by atomic mass is 16.6. The largest absolute Gasteiger partial charge is 0.367 e. The minimum absolute atomic E-state index is 0.189. The van der Waals surface area contributed by atoms with Crippen LogP contribution in [0.15, 0.2) is 42.5 Å². The number of hydrogen-bond donors (Lipinski definition) is 0. The average Bonchev–Trinajstić information content (AvgIpc) is 2.69. The second-order valence-corrected chi connectivity index (χ2v) is 7.71. The van der Waals surface area contributed by atoms with E-state index in [1.165, 1.54) is 16.7 Å². The fourth-order valence-electron chi connectivity index (χ4n) is 3.64. The molecule has 0 amide bonds. The van der Waals surface area contributed by atoms with E-state index in [4.69, 9.17) is 9.47 Å². The van der Waals surface area contributed by atoms with Crippen molar-refractivity contribution >= 4 is 0 Å². The van der Waals surface area contributed by atoms with Crippen molar-refractivity contribution in [2.24, 2.45) is 0 Å². The lowest BCUT2D eigenvalue weighted by atomic mass is 9.72. The molecule has 1 heterocycles. The lowest BCUT2D eigenvalue weighted by Gasteiger charge is -2.58. The van der Waals surface area contributed by atoms with Crippen molar-refractivity contribution in [1.82, 2.24) is 0 Å². The molecule has 0 aromatic rings. The Kier molecular flexibility index (Phi) is 2.95. The molecule has 2 heteroatoms. The van der Waals surface area contributed by atoms with Crippen molar-refractivity contribution in [3.8, 4) is 11.1 Å². The fourth-order valence-corrected chi connectivity index (χ4v) is 3.64. The van der Waals surface area contributed by atoms with E-state index in [0.717, 1.165) is 6.42 Å². The van der Waals surface area contributed by atoms with E-state index >= 15 is 0 Å². The highest BCUT2D eigenvalue weighted by Crippen LogP contribution is 2.51. The molecule has 0 aromatic heterocycles. The maximum absolute atomic E-state index is 6.44. The van der Waals surface area contributed by atoms with E-state index in [0.29, 0.717) is 5.92 Å². The summed E-state index contributed by atoms with van der Waals surface area (Å²) < 4.78 is 12.7. The first-order valence-corrected chi connectivity index (χ1v) is 8.22. The summed E-state index contributed by atoms with van der Waals surface area (Å²) in [5, 5.41) is 0. The smallest absolute Gasteiger partial charge is 0.0915 e. The summed E-state index contributed by atoms with van der Waals surface area (Å²) in [5.41, 5.74) is 3.51. The molecule has 4 aliphatic rings. The molecule has 0 radical (unpaired) electrons. The third-order valence-electron chi connectivity index (χ3n) is 5.76. The van der Waals surface area contributed by atoms with Gasteiger partial charge in [-0.1, -0.05) is 42.5 Å². The summed E-state index contributed by atoms with van der Waals surface area (Å²) in [5.74, 6) is 0.457. The van der Waals surface area contributed by atoms with Crippen LogP contribution >= 0.6 is 0 Å². The summed E-state index contributed by atoms with van der Waals surface area (Å²) >= 11 is 0. The highest BCUT2D eigenvalue weighted by molar-refractivity contribution is 5.68. The Morgan fingerprint density at radius 3 is 2.09 bits per heavy atom. The van der Waals surface area contributed by atoms with Gasteiger partial charge in [0.25, 0.3) is 0 Å². The topological polar surface area (TPSA) is 18.5 Å². The lowest BCUT2D eigenvalue weighted by molar-refractivity contribution is -0.328. The number of fused-ring (bicyclic) bond motifs is 2. The van der Waals surface area contributed by atoms with Crippen LogP contribution in [0.4, 0.5) is 0 Å². The molecule has 4 rings (SSSR count). The van der Waals surface area contributed by atoms with Gasteiger partial charge >= 0.3 is 0 Å². The van der Waals surface area contributed by atoms with Crippen molar-refractivity contribution < 1.29 is 9.47 Å². The predicted molar refractivity (Wildman–Crippen MR) is 88.3 cm³/mol. The Morgan fingerprint density at radius 2 is 1.45 bits per heavy atom. The van der Waals surface area contributed by atoms with Crippen LogP contribution in [0.5, 0.6) is 0 Å². The van der Waals surface area contributed by atoms with Gasteiger partial charge in [0.2, 0.25) is 0 Å². The van der Waals surface area contributed by atoms with Gasteiger partial charge in [0.15, 0.2) is 0 Å². The van der Waals surface area contributed by atoms with Gasteiger partial charge in [0.1, 0.15) is 0 Å². The van der Waals surface area contributed by atoms with Crippen LogP contribution in [-0.4, -0.2) is 23.4 Å². The van der Waals surface area contributed by atoms with Crippen LogP contribution in [0.2, 0.25) is 0 Å². The van der Waals surface area contributed by atoms with Gasteiger partial charge < -0.3 is 9.47 Å². The summed E-state index contributed by atoms with van der Waals surface area (Å²) in [4.78, 5) is 0. The maximum Gasteiger partial charge on any atom is 0.0915 e. The van der Waals surface area contributed by atoms with Crippen molar-refractivity contribution in [2.45, 2.75) is 63.4 Å². The zero-order valence-corrected chi connectivity index (χ0v) is 13.8. The lowest BCUT2D eigenvalue weighted by Crippen LogP contribution is -2.66. The summed E-state index contributed by atoms with van der Waals surface area (Å²) in [7, 11) is 0. The fraction of sp³-hybridized carbons (Fsp3) is 0.500. The SMILES string of the molecule is CC1(C)OC2CC(c3cc4cccccc-4c3)C2OC1(C)C. The molecule has 3 unspecified atom stereocenters. The minimum Gasteiger partial charge on any atom is -0.367 e. The van der Waals surface area contributed by atoms with Gasteiger partial charge in [0.05, 0.1) is 23.4 Å². The van der Waals surface area contributed by atoms with Gasteiger partial charge in [-0.05, 0) is 50.8 Å². The molecule has 22 heavy (non-hydrogen) atoms. The predicted octanol–water partition coefficient (Wildman–Crippen LogP) is 4.62. The van der Waals surface area contributed by atoms with Crippen LogP contribution in [0.3, 0.4) is 0 Å². The summed E-state index contributed by atoms with van der Waals surface area (Å²) in [6.45, 7) is 8.54. The number of rotatable bonds is 1. The third kappa shape index (κ3) is 2.01. The quantitative estimate of drug-likeness (QED) is 0.764. The maximum atomic E-state index is 6.44. The summed E-state index contributed by atoms with van der Waals surface area (Å²) in [6.07, 6.45) is 1.49. The van der Waals surface area contributed by atoms with Gasteiger partial charge in [0, 0.05) is 5.92 Å². The Bertz CT molecular complexity index is 642. The van der Waals surface area contributed by atoms with Gasteiger partial charge in [-0.25, -0.2) is 0 Å². The Balaban J connectivity index is 1.62. The molecule has 0 spiro atoms. The molecule has 3 atom stereocenters. The minimum atomic E-state index is -0.259. The first kappa shape index (κ1) is 14.2. The van der Waals surface area contributed by atoms with Crippen LogP contribution in [0.1, 0.15) is 45.6 Å². The Hall–Kier alpha value is -1.38. The zero-order valence-electron chi connectivity index (χ0n) is 13.8. The monoisotopic (exact) mass is 296 g/mol. The molecule has 1 aliphatic heterocycles. The first-order valence-electron chi connectivity index (χ1n) is 8.22. The van der Waals surface area contributed by atoms with E-state index in [1.54, 1.807) is 0 Å². The zero-order chi connectivity index (χ0) is 15.5. The molecule has 0 N–H and O–H groups in total. The van der Waals surface area contributed by atoms with E-state index in [2.05, 4.69) is 70.2 Å². The molecule has 2 fully saturated rings. The molecule has 1 saturated heterocycles. The van der Waals surface area contributed by atoms with Gasteiger partial charge in [-0.15, -0.1) is 0 Å². The first-order chi connectivity index (χ1) is 10.4. The molecule has 3 aliphatic carbocycles. The van der Waals surface area contributed by atoms with Crippen LogP contribution < -0.4 is 0 Å². The molecular weight excluding hydrogens is 272 g/mol. The van der Waals surface area contributed by atoms with Crippen molar-refractivity contribution in [2.75, 3.05) is 0 Å². The number of ether oxygens (including phenoxy) is 2. The Morgan fingerprint density at radius 1 is 0.864 bits per heavy atom. The second kappa shape index (κ2) is 4.56. The molecule has 1 saturated carbocycles. The molecule has 116 valence electrons. The molecule has 0 aromatic carbocycles.